The third-order valence-corrected chi connectivity index (χ3v) is 1.69. The van der Waals surface area contributed by atoms with Gasteiger partial charge in [0.1, 0.15) is 0 Å². The predicted molar refractivity (Wildman–Crippen MR) is 45.8 cm³/mol. The Morgan fingerprint density at radius 1 is 1.54 bits per heavy atom. The first-order valence-corrected chi connectivity index (χ1v) is 3.83. The zero-order valence-electron chi connectivity index (χ0n) is 7.03. The van der Waals surface area contributed by atoms with Gasteiger partial charge in [0.25, 0.3) is 5.91 Å². The van der Waals surface area contributed by atoms with Crippen LogP contribution in [0.1, 0.15) is 16.2 Å². The topological polar surface area (TPSA) is 92.9 Å². The molecule has 1 atom stereocenters. The molecular weight excluding hydrogens is 170 g/mol. The van der Waals surface area contributed by atoms with Gasteiger partial charge in [-0.25, -0.2) is 9.97 Å². The van der Waals surface area contributed by atoms with Crippen LogP contribution in [-0.4, -0.2) is 22.2 Å². The van der Waals surface area contributed by atoms with Crippen molar-refractivity contribution in [3.8, 4) is 0 Å². The molecule has 0 bridgehead atoms. The number of amides is 1. The van der Waals surface area contributed by atoms with Crippen LogP contribution in [0.25, 0.3) is 0 Å². The molecule has 2 heterocycles. The summed E-state index contributed by atoms with van der Waals surface area (Å²) in [7, 11) is 0. The van der Waals surface area contributed by atoms with Crippen molar-refractivity contribution in [2.75, 3.05) is 5.32 Å². The van der Waals surface area contributed by atoms with Crippen molar-refractivity contribution in [2.24, 2.45) is 5.73 Å². The van der Waals surface area contributed by atoms with E-state index in [1.807, 2.05) is 0 Å². The number of nitrogens with zero attached hydrogens (tertiary/aromatic N) is 2. The number of fused-ring (bicyclic) bond motifs is 1. The standard InChI is InChI=1S/C7H9N5O/c1-3-2-9-4-5(10-3)11-7(8)12-6(4)13/h2,7H,8H2,1H3,(H,10,11)(H,12,13)/t7-/m1/s1. The lowest BCUT2D eigenvalue weighted by molar-refractivity contribution is 0.0931. The van der Waals surface area contributed by atoms with Crippen LogP contribution in [0.3, 0.4) is 0 Å². The first-order chi connectivity index (χ1) is 6.16. The Kier molecular flexibility index (Phi) is 1.63. The largest absolute Gasteiger partial charge is 0.336 e. The lowest BCUT2D eigenvalue weighted by atomic mass is 10.3. The highest BCUT2D eigenvalue weighted by molar-refractivity contribution is 5.98. The predicted octanol–water partition coefficient (Wildman–Crippen LogP) is -0.817. The maximum atomic E-state index is 11.3. The van der Waals surface area contributed by atoms with Crippen LogP contribution in [-0.2, 0) is 0 Å². The van der Waals surface area contributed by atoms with E-state index in [4.69, 9.17) is 5.73 Å². The van der Waals surface area contributed by atoms with E-state index in [0.29, 0.717) is 5.82 Å². The molecule has 0 aromatic carbocycles. The van der Waals surface area contributed by atoms with Gasteiger partial charge in [-0.3, -0.25) is 10.5 Å². The monoisotopic (exact) mass is 179 g/mol. The van der Waals surface area contributed by atoms with Crippen LogP contribution < -0.4 is 16.4 Å². The van der Waals surface area contributed by atoms with Crippen LogP contribution >= 0.6 is 0 Å². The Labute approximate surface area is 74.6 Å². The SMILES string of the molecule is Cc1cnc2c(n1)N[C@@H](N)NC2=O. The highest BCUT2D eigenvalue weighted by atomic mass is 16.2. The molecule has 0 aliphatic carbocycles. The second-order valence-electron chi connectivity index (χ2n) is 2.80. The van der Waals surface area contributed by atoms with Crippen LogP contribution in [0.2, 0.25) is 0 Å². The minimum Gasteiger partial charge on any atom is -0.336 e. The molecule has 6 nitrogen and oxygen atoms in total. The molecule has 68 valence electrons. The van der Waals surface area contributed by atoms with Crippen molar-refractivity contribution in [1.29, 1.82) is 0 Å². The van der Waals surface area contributed by atoms with E-state index in [1.165, 1.54) is 6.20 Å². The average molecular weight is 179 g/mol. The quantitative estimate of drug-likeness (QED) is 0.484. The molecule has 1 aromatic heterocycles. The number of aromatic nitrogens is 2. The van der Waals surface area contributed by atoms with Gasteiger partial charge in [-0.15, -0.1) is 0 Å². The number of aryl methyl sites for hydroxylation is 1. The summed E-state index contributed by atoms with van der Waals surface area (Å²) in [6.07, 6.45) is 0.952. The van der Waals surface area contributed by atoms with Crippen LogP contribution in [0.5, 0.6) is 0 Å². The second kappa shape index (κ2) is 2.67. The Morgan fingerprint density at radius 2 is 2.31 bits per heavy atom. The van der Waals surface area contributed by atoms with Gasteiger partial charge < -0.3 is 10.6 Å². The number of nitrogens with two attached hydrogens (primary N) is 1. The fraction of sp³-hybridized carbons (Fsp3) is 0.286. The van der Waals surface area contributed by atoms with Crippen molar-refractivity contribution < 1.29 is 4.79 Å². The van der Waals surface area contributed by atoms with E-state index in [9.17, 15) is 4.79 Å². The Hall–Kier alpha value is -1.69. The third kappa shape index (κ3) is 1.31. The van der Waals surface area contributed by atoms with Crippen molar-refractivity contribution in [3.63, 3.8) is 0 Å². The lowest BCUT2D eigenvalue weighted by Gasteiger charge is -2.22. The molecular formula is C7H9N5O. The summed E-state index contributed by atoms with van der Waals surface area (Å²) in [4.78, 5) is 19.3. The van der Waals surface area contributed by atoms with Gasteiger partial charge in [-0.1, -0.05) is 0 Å². The average Bonchev–Trinajstić information content (AvgIpc) is 2.02. The number of hydrogen-bond donors (Lipinski definition) is 3. The van der Waals surface area contributed by atoms with Crippen LogP contribution in [0.15, 0.2) is 6.20 Å². The molecule has 1 aromatic rings. The molecule has 0 unspecified atom stereocenters. The molecule has 2 rings (SSSR count). The first-order valence-electron chi connectivity index (χ1n) is 3.83. The van der Waals surface area contributed by atoms with Gasteiger partial charge >= 0.3 is 0 Å². The second-order valence-corrected chi connectivity index (χ2v) is 2.80. The summed E-state index contributed by atoms with van der Waals surface area (Å²) in [5.41, 5.74) is 6.51. The van der Waals surface area contributed by atoms with E-state index in [0.717, 1.165) is 5.69 Å². The molecule has 13 heavy (non-hydrogen) atoms. The zero-order chi connectivity index (χ0) is 9.42. The molecule has 0 saturated heterocycles. The molecule has 6 heteroatoms. The van der Waals surface area contributed by atoms with E-state index < -0.39 is 6.29 Å². The number of hydrogen-bond acceptors (Lipinski definition) is 5. The van der Waals surface area contributed by atoms with Gasteiger partial charge in [0.05, 0.1) is 5.69 Å². The fourth-order valence-corrected chi connectivity index (χ4v) is 1.14. The van der Waals surface area contributed by atoms with Gasteiger partial charge in [-0.05, 0) is 6.92 Å². The van der Waals surface area contributed by atoms with Gasteiger partial charge in [0, 0.05) is 6.20 Å². The van der Waals surface area contributed by atoms with Crippen molar-refractivity contribution >= 4 is 11.7 Å². The van der Waals surface area contributed by atoms with E-state index >= 15 is 0 Å². The summed E-state index contributed by atoms with van der Waals surface area (Å²) in [5.74, 6) is 0.144. The van der Waals surface area contributed by atoms with Gasteiger partial charge in [0.2, 0.25) is 0 Å². The van der Waals surface area contributed by atoms with E-state index in [1.54, 1.807) is 6.92 Å². The molecule has 4 N–H and O–H groups in total. The molecule has 0 spiro atoms. The summed E-state index contributed by atoms with van der Waals surface area (Å²) in [6.45, 7) is 1.80. The Morgan fingerprint density at radius 3 is 3.08 bits per heavy atom. The molecule has 1 aliphatic rings. The van der Waals surface area contributed by atoms with Crippen molar-refractivity contribution in [3.05, 3.63) is 17.6 Å². The minimum absolute atomic E-state index is 0.285. The maximum Gasteiger partial charge on any atom is 0.276 e. The van der Waals surface area contributed by atoms with Crippen LogP contribution in [0.4, 0.5) is 5.82 Å². The summed E-state index contributed by atoms with van der Waals surface area (Å²) in [6, 6.07) is 0. The highest BCUT2D eigenvalue weighted by Crippen LogP contribution is 2.13. The maximum absolute atomic E-state index is 11.3. The normalized spacial score (nSPS) is 20.2. The number of nitrogens with one attached hydrogen (secondary N) is 2. The number of carbonyl (C=O) groups excluding carboxylic acids is 1. The molecule has 0 radical (unpaired) electrons. The first kappa shape index (κ1) is 7.93. The highest BCUT2D eigenvalue weighted by Gasteiger charge is 2.23. The van der Waals surface area contributed by atoms with Gasteiger partial charge in [-0.2, -0.15) is 0 Å². The van der Waals surface area contributed by atoms with Crippen molar-refractivity contribution in [1.82, 2.24) is 15.3 Å². The van der Waals surface area contributed by atoms with Crippen molar-refractivity contribution in [2.45, 2.75) is 13.2 Å². The van der Waals surface area contributed by atoms with E-state index in [2.05, 4.69) is 20.6 Å². The Balaban J connectivity index is 2.49. The molecule has 1 aliphatic heterocycles. The third-order valence-electron chi connectivity index (χ3n) is 1.69. The Bertz CT molecular complexity index is 364. The fourth-order valence-electron chi connectivity index (χ4n) is 1.14. The zero-order valence-corrected chi connectivity index (χ0v) is 7.03. The lowest BCUT2D eigenvalue weighted by Crippen LogP contribution is -2.51. The molecule has 1 amide bonds. The van der Waals surface area contributed by atoms with Crippen LogP contribution in [0, 0.1) is 6.92 Å². The summed E-state index contributed by atoms with van der Waals surface area (Å²) in [5, 5.41) is 5.28. The minimum atomic E-state index is -0.587. The van der Waals surface area contributed by atoms with E-state index in [-0.39, 0.29) is 11.6 Å². The molecule has 0 fully saturated rings. The van der Waals surface area contributed by atoms with Gasteiger partial charge in [0.15, 0.2) is 17.8 Å². The summed E-state index contributed by atoms with van der Waals surface area (Å²) < 4.78 is 0. The number of carbonyl (C=O) groups is 1. The summed E-state index contributed by atoms with van der Waals surface area (Å²) >= 11 is 0. The smallest absolute Gasteiger partial charge is 0.276 e. The molecule has 0 saturated carbocycles. The number of rotatable bonds is 0. The number of anilines is 1.